The van der Waals surface area contributed by atoms with Crippen molar-refractivity contribution in [3.05, 3.63) is 23.3 Å². The van der Waals surface area contributed by atoms with Crippen LogP contribution in [0, 0.1) is 5.92 Å². The van der Waals surface area contributed by atoms with Gasteiger partial charge in [0, 0.05) is 12.7 Å². The normalized spacial score (nSPS) is 21.6. The van der Waals surface area contributed by atoms with Gasteiger partial charge < -0.3 is 19.5 Å². The number of benzene rings is 1. The Bertz CT molecular complexity index is 441. The highest BCUT2D eigenvalue weighted by Gasteiger charge is 2.24. The smallest absolute Gasteiger partial charge is 0.231 e. The van der Waals surface area contributed by atoms with E-state index in [1.807, 2.05) is 6.07 Å². The van der Waals surface area contributed by atoms with Gasteiger partial charge in [-0.15, -0.1) is 0 Å². The summed E-state index contributed by atoms with van der Waals surface area (Å²) in [5.74, 6) is 2.49. The van der Waals surface area contributed by atoms with Crippen molar-refractivity contribution in [1.29, 1.82) is 0 Å². The molecule has 0 aliphatic carbocycles. The molecular weight excluding hydrogens is 242 g/mol. The van der Waals surface area contributed by atoms with Gasteiger partial charge in [0.2, 0.25) is 6.79 Å². The first kappa shape index (κ1) is 12.8. The number of ether oxygens (including phenoxy) is 3. The Labute approximate surface area is 114 Å². The monoisotopic (exact) mass is 263 g/mol. The standard InChI is InChI=1S/C15H21NO3/c1-17-9-12-4-5-14-15(19-10-18-14)13(12)7-11-3-2-6-16-8-11/h4-5,11,16H,2-3,6-10H2,1H3. The van der Waals surface area contributed by atoms with Crippen molar-refractivity contribution in [2.75, 3.05) is 27.0 Å². The molecule has 2 aliphatic rings. The average molecular weight is 263 g/mol. The molecule has 3 rings (SSSR count). The van der Waals surface area contributed by atoms with E-state index < -0.39 is 0 Å². The predicted octanol–water partition coefficient (Wildman–Crippen LogP) is 2.10. The lowest BCUT2D eigenvalue weighted by Gasteiger charge is -2.24. The van der Waals surface area contributed by atoms with Gasteiger partial charge in [0.15, 0.2) is 11.5 Å². The molecule has 1 aromatic carbocycles. The molecule has 1 unspecified atom stereocenters. The Morgan fingerprint density at radius 1 is 1.37 bits per heavy atom. The Morgan fingerprint density at radius 2 is 2.32 bits per heavy atom. The van der Waals surface area contributed by atoms with E-state index in [9.17, 15) is 0 Å². The van der Waals surface area contributed by atoms with E-state index >= 15 is 0 Å². The van der Waals surface area contributed by atoms with Crippen molar-refractivity contribution < 1.29 is 14.2 Å². The fourth-order valence-corrected chi connectivity index (χ4v) is 2.97. The molecule has 104 valence electrons. The van der Waals surface area contributed by atoms with Crippen LogP contribution in [0.2, 0.25) is 0 Å². The van der Waals surface area contributed by atoms with E-state index in [0.29, 0.717) is 19.3 Å². The van der Waals surface area contributed by atoms with Gasteiger partial charge in [-0.05, 0) is 49.9 Å². The average Bonchev–Trinajstić information content (AvgIpc) is 2.91. The number of hydrogen-bond acceptors (Lipinski definition) is 4. The molecule has 0 aromatic heterocycles. The molecule has 19 heavy (non-hydrogen) atoms. The summed E-state index contributed by atoms with van der Waals surface area (Å²) in [6, 6.07) is 4.09. The van der Waals surface area contributed by atoms with Gasteiger partial charge in [0.25, 0.3) is 0 Å². The van der Waals surface area contributed by atoms with Crippen molar-refractivity contribution in [3.8, 4) is 11.5 Å². The van der Waals surface area contributed by atoms with E-state index in [0.717, 1.165) is 31.0 Å². The molecule has 4 nitrogen and oxygen atoms in total. The third-order valence-corrected chi connectivity index (χ3v) is 3.93. The highest BCUT2D eigenvalue weighted by Crippen LogP contribution is 2.39. The SMILES string of the molecule is COCc1ccc2c(c1CC1CCCNC1)OCO2. The molecule has 0 bridgehead atoms. The second kappa shape index (κ2) is 5.80. The van der Waals surface area contributed by atoms with Crippen molar-refractivity contribution in [1.82, 2.24) is 5.32 Å². The van der Waals surface area contributed by atoms with Crippen molar-refractivity contribution in [2.24, 2.45) is 5.92 Å². The lowest BCUT2D eigenvalue weighted by molar-refractivity contribution is 0.171. The maximum atomic E-state index is 5.66. The summed E-state index contributed by atoms with van der Waals surface area (Å²) in [6.07, 6.45) is 3.58. The molecule has 1 saturated heterocycles. The van der Waals surface area contributed by atoms with Crippen LogP contribution < -0.4 is 14.8 Å². The number of fused-ring (bicyclic) bond motifs is 1. The van der Waals surface area contributed by atoms with Crippen LogP contribution in [0.5, 0.6) is 11.5 Å². The van der Waals surface area contributed by atoms with Crippen LogP contribution in [0.4, 0.5) is 0 Å². The number of piperidine rings is 1. The van der Waals surface area contributed by atoms with E-state index in [2.05, 4.69) is 11.4 Å². The minimum atomic E-state index is 0.335. The lowest BCUT2D eigenvalue weighted by Crippen LogP contribution is -2.31. The third-order valence-electron chi connectivity index (χ3n) is 3.93. The maximum Gasteiger partial charge on any atom is 0.231 e. The zero-order chi connectivity index (χ0) is 13.1. The van der Waals surface area contributed by atoms with Crippen LogP contribution in [-0.2, 0) is 17.8 Å². The summed E-state index contributed by atoms with van der Waals surface area (Å²) in [5, 5.41) is 3.47. The zero-order valence-corrected chi connectivity index (χ0v) is 11.4. The van der Waals surface area contributed by atoms with Crippen LogP contribution in [0.15, 0.2) is 12.1 Å². The predicted molar refractivity (Wildman–Crippen MR) is 72.6 cm³/mol. The molecule has 1 atom stereocenters. The van der Waals surface area contributed by atoms with Crippen LogP contribution in [-0.4, -0.2) is 27.0 Å². The molecule has 1 aromatic rings. The summed E-state index contributed by atoms with van der Waals surface area (Å²) in [6.45, 7) is 3.21. The number of rotatable bonds is 4. The first-order chi connectivity index (χ1) is 9.38. The molecule has 4 heteroatoms. The van der Waals surface area contributed by atoms with Crippen LogP contribution in [0.1, 0.15) is 24.0 Å². The Morgan fingerprint density at radius 3 is 3.11 bits per heavy atom. The van der Waals surface area contributed by atoms with Gasteiger partial charge in [0.05, 0.1) is 6.61 Å². The fourth-order valence-electron chi connectivity index (χ4n) is 2.97. The summed E-state index contributed by atoms with van der Waals surface area (Å²) in [5.41, 5.74) is 2.49. The molecule has 1 fully saturated rings. The van der Waals surface area contributed by atoms with Crippen molar-refractivity contribution in [3.63, 3.8) is 0 Å². The first-order valence-electron chi connectivity index (χ1n) is 6.98. The molecular formula is C15H21NO3. The molecule has 0 amide bonds. The van der Waals surface area contributed by atoms with Gasteiger partial charge in [-0.1, -0.05) is 6.07 Å². The molecule has 0 saturated carbocycles. The van der Waals surface area contributed by atoms with E-state index in [1.165, 1.54) is 24.0 Å². The Balaban J connectivity index is 1.86. The van der Waals surface area contributed by atoms with Gasteiger partial charge in [0.1, 0.15) is 0 Å². The molecule has 2 heterocycles. The number of nitrogens with one attached hydrogen (secondary N) is 1. The summed E-state index contributed by atoms with van der Waals surface area (Å²) < 4.78 is 16.4. The van der Waals surface area contributed by atoms with Crippen LogP contribution >= 0.6 is 0 Å². The molecule has 0 spiro atoms. The van der Waals surface area contributed by atoms with E-state index in [-0.39, 0.29) is 0 Å². The van der Waals surface area contributed by atoms with Gasteiger partial charge in [-0.2, -0.15) is 0 Å². The van der Waals surface area contributed by atoms with Crippen LogP contribution in [0.3, 0.4) is 0 Å². The number of hydrogen-bond donors (Lipinski definition) is 1. The van der Waals surface area contributed by atoms with E-state index in [4.69, 9.17) is 14.2 Å². The molecule has 0 radical (unpaired) electrons. The largest absolute Gasteiger partial charge is 0.454 e. The topological polar surface area (TPSA) is 39.7 Å². The lowest BCUT2D eigenvalue weighted by atomic mass is 9.89. The van der Waals surface area contributed by atoms with Crippen molar-refractivity contribution >= 4 is 0 Å². The van der Waals surface area contributed by atoms with Gasteiger partial charge >= 0.3 is 0 Å². The quantitative estimate of drug-likeness (QED) is 0.903. The maximum absolute atomic E-state index is 5.66. The third kappa shape index (κ3) is 2.69. The number of methoxy groups -OCH3 is 1. The fraction of sp³-hybridized carbons (Fsp3) is 0.600. The molecule has 2 aliphatic heterocycles. The molecule has 1 N–H and O–H groups in total. The second-order valence-corrected chi connectivity index (χ2v) is 5.29. The summed E-state index contributed by atoms with van der Waals surface area (Å²) >= 11 is 0. The summed E-state index contributed by atoms with van der Waals surface area (Å²) in [4.78, 5) is 0. The minimum Gasteiger partial charge on any atom is -0.454 e. The summed E-state index contributed by atoms with van der Waals surface area (Å²) in [7, 11) is 1.73. The highest BCUT2D eigenvalue weighted by atomic mass is 16.7. The van der Waals surface area contributed by atoms with E-state index in [1.54, 1.807) is 7.11 Å². The van der Waals surface area contributed by atoms with Gasteiger partial charge in [-0.25, -0.2) is 0 Å². The van der Waals surface area contributed by atoms with Crippen molar-refractivity contribution in [2.45, 2.75) is 25.9 Å². The first-order valence-corrected chi connectivity index (χ1v) is 6.98. The highest BCUT2D eigenvalue weighted by molar-refractivity contribution is 5.52. The minimum absolute atomic E-state index is 0.335. The second-order valence-electron chi connectivity index (χ2n) is 5.29. The zero-order valence-electron chi connectivity index (χ0n) is 11.4. The Kier molecular flexibility index (Phi) is 3.89. The van der Waals surface area contributed by atoms with Crippen LogP contribution in [0.25, 0.3) is 0 Å². The Hall–Kier alpha value is -1.26. The van der Waals surface area contributed by atoms with Gasteiger partial charge in [-0.3, -0.25) is 0 Å².